The second-order valence-electron chi connectivity index (χ2n) is 0.577. The van der Waals surface area contributed by atoms with Gasteiger partial charge in [0.15, 0.2) is 0 Å². The molecule has 32 valence electrons. The van der Waals surface area contributed by atoms with E-state index in [2.05, 4.69) is 0 Å². The zero-order valence-electron chi connectivity index (χ0n) is 6.37. The van der Waals surface area contributed by atoms with Gasteiger partial charge in [0, 0.05) is 0 Å². The normalized spacial score (nSPS) is 3.00. The van der Waals surface area contributed by atoms with Crippen LogP contribution in [0, 0.1) is 6.42 Å². The molecule has 0 saturated heterocycles. The van der Waals surface area contributed by atoms with Crippen molar-refractivity contribution in [2.24, 2.45) is 0 Å². The fourth-order valence-corrected chi connectivity index (χ4v) is 0. The van der Waals surface area contributed by atoms with E-state index in [0.29, 0.717) is 0 Å². The second-order valence-corrected chi connectivity index (χ2v) is 0.577. The van der Waals surface area contributed by atoms with E-state index in [4.69, 9.17) is 0 Å². The zero-order valence-corrected chi connectivity index (χ0v) is 8.78. The molecule has 0 aliphatic rings. The molecule has 0 aliphatic carbocycles. The quantitative estimate of drug-likeness (QED) is 0.286. The molecule has 0 aliphatic heterocycles. The van der Waals surface area contributed by atoms with Gasteiger partial charge in [0.25, 0.3) is 0 Å². The van der Waals surface area contributed by atoms with Crippen LogP contribution in [0.5, 0.6) is 0 Å². The van der Waals surface area contributed by atoms with Gasteiger partial charge in [-0.05, 0) is 0 Å². The van der Waals surface area contributed by atoms with Gasteiger partial charge in [0.1, 0.15) is 0 Å². The second kappa shape index (κ2) is 27.9. The van der Waals surface area contributed by atoms with E-state index in [1.165, 1.54) is 0 Å². The molecule has 0 fully saturated rings. The minimum Gasteiger partial charge on any atom is -1.00 e. The number of halogens is 1. The molecule has 0 aromatic rings. The summed E-state index contributed by atoms with van der Waals surface area (Å²) in [5.41, 5.74) is 0. The maximum absolute atomic E-state index is 2.00. The molecule has 0 amide bonds. The molecule has 0 atom stereocenters. The van der Waals surface area contributed by atoms with Crippen molar-refractivity contribution in [3.8, 4) is 0 Å². The molecular weight excluding hydrogens is 165 g/mol. The molecule has 0 rings (SSSR count). The Morgan fingerprint density at radius 3 is 1.17 bits per heavy atom. The van der Waals surface area contributed by atoms with Crippen molar-refractivity contribution in [2.75, 3.05) is 0 Å². The Morgan fingerprint density at radius 1 is 1.17 bits per heavy atom. The Balaban J connectivity index is -0.00000000200. The molecule has 0 nitrogen and oxygen atoms in total. The van der Waals surface area contributed by atoms with E-state index in [-0.39, 0.29) is 65.9 Å². The summed E-state index contributed by atoms with van der Waals surface area (Å²) in [7, 11) is 0. The van der Waals surface area contributed by atoms with E-state index in [1.54, 1.807) is 0 Å². The molecule has 0 N–H and O–H groups in total. The van der Waals surface area contributed by atoms with Gasteiger partial charge in [-0.25, -0.2) is 0 Å². The van der Waals surface area contributed by atoms with Crippen LogP contribution in [-0.2, 0) is 0 Å². The van der Waals surface area contributed by atoms with Gasteiger partial charge >= 0.3 is 46.1 Å². The average molecular weight is 174 g/mol. The first-order valence-corrected chi connectivity index (χ1v) is 1.15. The third-order valence-electron chi connectivity index (χ3n) is 0. The molecule has 0 radical (unpaired) electrons. The Bertz CT molecular complexity index is 15.2. The van der Waals surface area contributed by atoms with Gasteiger partial charge in [0.05, 0.1) is 0 Å². The number of hydrogen-bond acceptors (Lipinski definition) is 0. The largest absolute Gasteiger partial charge is 2.00 e. The minimum absolute atomic E-state index is 0. The summed E-state index contributed by atoms with van der Waals surface area (Å²) in [5.74, 6) is 0. The Hall–Kier alpha value is 2.01. The molecule has 0 bridgehead atoms. The average Bonchev–Trinajstić information content (AvgIpc) is 0.918. The van der Waals surface area contributed by atoms with Crippen molar-refractivity contribution in [1.82, 2.24) is 0 Å². The molecule has 3 heteroatoms. The maximum atomic E-state index is 2.00. The fourth-order valence-electron chi connectivity index (χ4n) is 0. The summed E-state index contributed by atoms with van der Waals surface area (Å²) < 4.78 is 0. The molecule has 6 heavy (non-hydrogen) atoms. The molecule has 0 aromatic carbocycles. The van der Waals surface area contributed by atoms with Crippen LogP contribution in [0.3, 0.4) is 0 Å². The van der Waals surface area contributed by atoms with Crippen molar-refractivity contribution in [1.29, 1.82) is 0 Å². The van der Waals surface area contributed by atoms with Crippen LogP contribution in [0.1, 0.15) is 16.7 Å². The van der Waals surface area contributed by atoms with E-state index in [0.717, 1.165) is 0 Å². The van der Waals surface area contributed by atoms with E-state index >= 15 is 0 Å². The van der Waals surface area contributed by atoms with Crippen molar-refractivity contribution < 1.29 is 19.8 Å². The minimum atomic E-state index is 0. The predicted octanol–water partition coefficient (Wildman–Crippen LogP) is -2.30. The van der Waals surface area contributed by atoms with Crippen LogP contribution in [-0.4, -0.2) is 46.1 Å². The van der Waals surface area contributed by atoms with Gasteiger partial charge in [-0.3, -0.25) is 0 Å². The summed E-state index contributed by atoms with van der Waals surface area (Å²) in [5, 5.41) is 0. The van der Waals surface area contributed by atoms with E-state index in [1.807, 2.05) is 20.3 Å². The maximum Gasteiger partial charge on any atom is 2.00 e. The SMILES string of the molecule is C[CH-]C.[Br-].[H-].[H-].[Mg+2].[Mg+2]. The Labute approximate surface area is 85.5 Å². The van der Waals surface area contributed by atoms with Crippen molar-refractivity contribution >= 4 is 46.1 Å². The molecule has 0 aromatic heterocycles. The van der Waals surface area contributed by atoms with Crippen LogP contribution in [0.4, 0.5) is 0 Å². The summed E-state index contributed by atoms with van der Waals surface area (Å²) >= 11 is 0. The summed E-state index contributed by atoms with van der Waals surface area (Å²) in [4.78, 5) is 0. The Morgan fingerprint density at radius 2 is 1.17 bits per heavy atom. The summed E-state index contributed by atoms with van der Waals surface area (Å²) in [6.07, 6.45) is 2.00. The molecule has 0 spiro atoms. The topological polar surface area (TPSA) is 0 Å². The first kappa shape index (κ1) is 24.5. The first-order chi connectivity index (χ1) is 1.41. The number of hydrogen-bond donors (Lipinski definition) is 0. The van der Waals surface area contributed by atoms with Crippen LogP contribution >= 0.6 is 0 Å². The van der Waals surface area contributed by atoms with Crippen LogP contribution < -0.4 is 17.0 Å². The summed E-state index contributed by atoms with van der Waals surface area (Å²) in [6.45, 7) is 4.00. The van der Waals surface area contributed by atoms with E-state index < -0.39 is 0 Å². The van der Waals surface area contributed by atoms with Crippen LogP contribution in [0.25, 0.3) is 0 Å². The third-order valence-corrected chi connectivity index (χ3v) is 0. The summed E-state index contributed by atoms with van der Waals surface area (Å²) in [6, 6.07) is 0. The Kier molecular flexibility index (Phi) is 114. The molecule has 0 saturated carbocycles. The van der Waals surface area contributed by atoms with Crippen molar-refractivity contribution in [3.63, 3.8) is 0 Å². The monoisotopic (exact) mass is 172 g/mol. The number of rotatable bonds is 0. The van der Waals surface area contributed by atoms with Gasteiger partial charge in [-0.1, -0.05) is 0 Å². The van der Waals surface area contributed by atoms with Crippen molar-refractivity contribution in [2.45, 2.75) is 13.8 Å². The van der Waals surface area contributed by atoms with Crippen molar-refractivity contribution in [3.05, 3.63) is 6.42 Å². The van der Waals surface area contributed by atoms with Crippen LogP contribution in [0.15, 0.2) is 0 Å². The van der Waals surface area contributed by atoms with Gasteiger partial charge in [0.2, 0.25) is 0 Å². The fraction of sp³-hybridized carbons (Fsp3) is 0.667. The molecule has 0 unspecified atom stereocenters. The zero-order chi connectivity index (χ0) is 2.71. The van der Waals surface area contributed by atoms with Gasteiger partial charge < -0.3 is 26.3 Å². The smallest absolute Gasteiger partial charge is 1.00 e. The molecule has 0 heterocycles. The van der Waals surface area contributed by atoms with E-state index in [9.17, 15) is 0 Å². The predicted molar refractivity (Wildman–Crippen MR) is 29.4 cm³/mol. The molecular formula is C3H9BrMg2. The van der Waals surface area contributed by atoms with Crippen LogP contribution in [0.2, 0.25) is 0 Å². The third kappa shape index (κ3) is 37.3. The standard InChI is InChI=1S/C3H7.BrH.2Mg.2H/c1-3-2;;;;;/h3H,1-2H3;1H;;;;/q-1;;2*+2;2*-1/p-1. The van der Waals surface area contributed by atoms with Gasteiger partial charge in [-0.2, -0.15) is 13.8 Å². The first-order valence-electron chi connectivity index (χ1n) is 1.15. The van der Waals surface area contributed by atoms with Gasteiger partial charge in [-0.15, -0.1) is 0 Å².